The molecule has 0 aliphatic rings. The van der Waals surface area contributed by atoms with Gasteiger partial charge in [-0.15, -0.1) is 0 Å². The van der Waals surface area contributed by atoms with Crippen LogP contribution in [-0.2, 0) is 10.0 Å². The van der Waals surface area contributed by atoms with Gasteiger partial charge in [-0.25, -0.2) is 13.4 Å². The third-order valence-electron chi connectivity index (χ3n) is 5.99. The summed E-state index contributed by atoms with van der Waals surface area (Å²) in [5.41, 5.74) is 2.53. The van der Waals surface area contributed by atoms with E-state index in [1.165, 1.54) is 11.3 Å². The van der Waals surface area contributed by atoms with Gasteiger partial charge in [0.05, 0.1) is 15.1 Å². The lowest BCUT2D eigenvalue weighted by Crippen LogP contribution is -2.38. The molecule has 0 aliphatic heterocycles. The maximum absolute atomic E-state index is 13.7. The zero-order valence-electron chi connectivity index (χ0n) is 20.6. The van der Waals surface area contributed by atoms with Crippen molar-refractivity contribution in [3.8, 4) is 0 Å². The van der Waals surface area contributed by atoms with Gasteiger partial charge >= 0.3 is 0 Å². The maximum Gasteiger partial charge on any atom is 0.261 e. The summed E-state index contributed by atoms with van der Waals surface area (Å²) in [5.74, 6) is -0.224. The summed E-state index contributed by atoms with van der Waals surface area (Å²) >= 11 is 1.47. The Morgan fingerprint density at radius 1 is 0.944 bits per heavy atom. The van der Waals surface area contributed by atoms with Crippen LogP contribution in [0.15, 0.2) is 77.7 Å². The monoisotopic (exact) mass is 522 g/mol. The van der Waals surface area contributed by atoms with Crippen molar-refractivity contribution in [2.75, 3.05) is 35.8 Å². The van der Waals surface area contributed by atoms with Gasteiger partial charge in [0, 0.05) is 24.3 Å². The van der Waals surface area contributed by atoms with Crippen molar-refractivity contribution in [2.24, 2.45) is 0 Å². The Bertz CT molecular complexity index is 1410. The number of nitrogens with zero attached hydrogens (tertiary/aromatic N) is 3. The predicted octanol–water partition coefficient (Wildman–Crippen LogP) is 5.39. The van der Waals surface area contributed by atoms with E-state index in [0.717, 1.165) is 28.9 Å². The molecule has 9 heteroatoms. The number of benzene rings is 3. The number of para-hydroxylation sites is 1. The number of likely N-dealkylation sites (N-methyl/N-ethyl adjacent to an activating group) is 1. The molecule has 0 spiro atoms. The zero-order chi connectivity index (χ0) is 25.7. The molecule has 0 atom stereocenters. The van der Waals surface area contributed by atoms with Crippen molar-refractivity contribution >= 4 is 48.3 Å². The lowest BCUT2D eigenvalue weighted by Gasteiger charge is -2.25. The molecule has 188 valence electrons. The summed E-state index contributed by atoms with van der Waals surface area (Å²) in [6.45, 7) is 9.03. The number of nitrogens with one attached hydrogen (secondary N) is 1. The van der Waals surface area contributed by atoms with Crippen molar-refractivity contribution in [1.82, 2.24) is 9.88 Å². The third kappa shape index (κ3) is 5.92. The van der Waals surface area contributed by atoms with Crippen molar-refractivity contribution in [3.63, 3.8) is 0 Å². The van der Waals surface area contributed by atoms with E-state index >= 15 is 0 Å². The number of fused-ring (bicyclic) bond motifs is 1. The predicted molar refractivity (Wildman–Crippen MR) is 148 cm³/mol. The van der Waals surface area contributed by atoms with Crippen LogP contribution < -0.4 is 9.62 Å². The van der Waals surface area contributed by atoms with Gasteiger partial charge in [0.25, 0.3) is 15.9 Å². The number of aromatic nitrogens is 1. The van der Waals surface area contributed by atoms with E-state index in [2.05, 4.69) is 23.5 Å². The molecule has 0 radical (unpaired) electrons. The van der Waals surface area contributed by atoms with Crippen LogP contribution in [0.25, 0.3) is 10.2 Å². The van der Waals surface area contributed by atoms with Crippen molar-refractivity contribution < 1.29 is 13.2 Å². The Balaban J connectivity index is 1.63. The second kappa shape index (κ2) is 11.2. The summed E-state index contributed by atoms with van der Waals surface area (Å²) in [5, 5.41) is 0.624. The largest absolute Gasteiger partial charge is 0.302 e. The molecule has 0 saturated heterocycles. The Labute approximate surface area is 216 Å². The smallest absolute Gasteiger partial charge is 0.261 e. The van der Waals surface area contributed by atoms with E-state index < -0.39 is 10.0 Å². The van der Waals surface area contributed by atoms with Gasteiger partial charge in [-0.05, 0) is 62.5 Å². The highest BCUT2D eigenvalue weighted by Crippen LogP contribution is 2.30. The highest BCUT2D eigenvalue weighted by Gasteiger charge is 2.23. The number of rotatable bonds is 10. The molecule has 0 unspecified atom stereocenters. The van der Waals surface area contributed by atoms with Gasteiger partial charge in [-0.2, -0.15) is 0 Å². The Morgan fingerprint density at radius 3 is 2.36 bits per heavy atom. The summed E-state index contributed by atoms with van der Waals surface area (Å²) in [7, 11) is -3.78. The van der Waals surface area contributed by atoms with Gasteiger partial charge in [0.2, 0.25) is 0 Å². The number of amides is 1. The van der Waals surface area contributed by atoms with E-state index in [1.807, 2.05) is 31.2 Å². The molecular formula is C27H30N4O3S2. The minimum atomic E-state index is -3.78. The van der Waals surface area contributed by atoms with Gasteiger partial charge < -0.3 is 4.90 Å². The lowest BCUT2D eigenvalue weighted by molar-refractivity contribution is 0.0984. The molecule has 1 aromatic heterocycles. The van der Waals surface area contributed by atoms with Crippen molar-refractivity contribution in [1.29, 1.82) is 0 Å². The molecule has 0 aliphatic carbocycles. The first-order valence-corrected chi connectivity index (χ1v) is 14.2. The Morgan fingerprint density at radius 2 is 1.67 bits per heavy atom. The van der Waals surface area contributed by atoms with Crippen molar-refractivity contribution in [2.45, 2.75) is 25.7 Å². The van der Waals surface area contributed by atoms with E-state index in [0.29, 0.717) is 29.5 Å². The molecule has 7 nitrogen and oxygen atoms in total. The number of hydrogen-bond acceptors (Lipinski definition) is 6. The van der Waals surface area contributed by atoms with Gasteiger partial charge in [-0.1, -0.05) is 61.1 Å². The number of thiazole rings is 1. The third-order valence-corrected chi connectivity index (χ3v) is 8.44. The van der Waals surface area contributed by atoms with Crippen LogP contribution in [-0.4, -0.2) is 50.4 Å². The van der Waals surface area contributed by atoms with E-state index in [4.69, 9.17) is 4.98 Å². The normalized spacial score (nSPS) is 11.7. The molecule has 1 heterocycles. The summed E-state index contributed by atoms with van der Waals surface area (Å²) in [6.07, 6.45) is 0. The summed E-state index contributed by atoms with van der Waals surface area (Å²) < 4.78 is 29.3. The van der Waals surface area contributed by atoms with E-state index in [-0.39, 0.29) is 10.8 Å². The van der Waals surface area contributed by atoms with Crippen LogP contribution in [0.2, 0.25) is 0 Å². The fraction of sp³-hybridized carbons (Fsp3) is 0.259. The van der Waals surface area contributed by atoms with E-state index in [9.17, 15) is 13.2 Å². The number of sulfonamides is 1. The first kappa shape index (κ1) is 25.8. The number of aryl methyl sites for hydroxylation is 1. The number of carbonyl (C=O) groups excluding carboxylic acids is 1. The van der Waals surface area contributed by atoms with Gasteiger partial charge in [-0.3, -0.25) is 14.4 Å². The zero-order valence-corrected chi connectivity index (χ0v) is 22.3. The molecule has 0 fully saturated rings. The molecule has 3 aromatic carbocycles. The maximum atomic E-state index is 13.7. The van der Waals surface area contributed by atoms with Crippen LogP contribution in [0.4, 0.5) is 10.8 Å². The van der Waals surface area contributed by atoms with Crippen LogP contribution in [0, 0.1) is 6.92 Å². The highest BCUT2D eigenvalue weighted by molar-refractivity contribution is 7.92. The Kier molecular flexibility index (Phi) is 8.03. The quantitative estimate of drug-likeness (QED) is 0.302. The van der Waals surface area contributed by atoms with Crippen molar-refractivity contribution in [3.05, 3.63) is 83.9 Å². The first-order chi connectivity index (χ1) is 17.3. The molecular weight excluding hydrogens is 492 g/mol. The first-order valence-electron chi connectivity index (χ1n) is 11.9. The second-order valence-electron chi connectivity index (χ2n) is 8.45. The van der Waals surface area contributed by atoms with Crippen LogP contribution in [0.5, 0.6) is 0 Å². The van der Waals surface area contributed by atoms with Gasteiger partial charge in [0.15, 0.2) is 5.13 Å². The summed E-state index contributed by atoms with van der Waals surface area (Å²) in [6, 6.07) is 21.0. The minimum Gasteiger partial charge on any atom is -0.302 e. The molecule has 36 heavy (non-hydrogen) atoms. The Hall–Kier alpha value is -3.27. The molecule has 0 saturated carbocycles. The molecule has 1 N–H and O–H groups in total. The molecule has 4 aromatic rings. The van der Waals surface area contributed by atoms with E-state index in [1.54, 1.807) is 53.4 Å². The molecule has 0 bridgehead atoms. The van der Waals surface area contributed by atoms with Gasteiger partial charge in [0.1, 0.15) is 0 Å². The topological polar surface area (TPSA) is 82.6 Å². The minimum absolute atomic E-state index is 0.167. The number of carbonyl (C=O) groups is 1. The standard InChI is InChI=1S/C27H30N4O3S2/c1-4-30(5-2)17-18-31(27-28-24-11-6-7-12-25(24)35-27)26(32)21-9-8-10-22(19-21)29-36(33,34)23-15-13-20(3)14-16-23/h6-16,19,29H,4-5,17-18H2,1-3H3. The molecule has 1 amide bonds. The average Bonchev–Trinajstić information content (AvgIpc) is 3.30. The lowest BCUT2D eigenvalue weighted by atomic mass is 10.2. The van der Waals surface area contributed by atoms with Crippen LogP contribution >= 0.6 is 11.3 Å². The SMILES string of the molecule is CCN(CC)CCN(C(=O)c1cccc(NS(=O)(=O)c2ccc(C)cc2)c1)c1nc2ccccc2s1. The fourth-order valence-electron chi connectivity index (χ4n) is 3.84. The summed E-state index contributed by atoms with van der Waals surface area (Å²) in [4.78, 5) is 22.6. The van der Waals surface area contributed by atoms with Crippen LogP contribution in [0.1, 0.15) is 29.8 Å². The highest BCUT2D eigenvalue weighted by atomic mass is 32.2. The number of hydrogen-bond donors (Lipinski definition) is 1. The second-order valence-corrected chi connectivity index (χ2v) is 11.1. The number of anilines is 2. The average molecular weight is 523 g/mol. The van der Waals surface area contributed by atoms with Crippen LogP contribution in [0.3, 0.4) is 0 Å². The molecule has 4 rings (SSSR count). The fourth-order valence-corrected chi connectivity index (χ4v) is 5.88.